The van der Waals surface area contributed by atoms with Gasteiger partial charge in [-0.3, -0.25) is 10.1 Å². The second-order valence-corrected chi connectivity index (χ2v) is 11.8. The molecule has 1 N–H and O–H groups in total. The van der Waals surface area contributed by atoms with Gasteiger partial charge in [-0.2, -0.15) is 0 Å². The third-order valence-corrected chi connectivity index (χ3v) is 8.94. The van der Waals surface area contributed by atoms with E-state index in [0.29, 0.717) is 11.7 Å². The molecular weight excluding hydrogens is 530 g/mol. The third-order valence-electron chi connectivity index (χ3n) is 8.05. The summed E-state index contributed by atoms with van der Waals surface area (Å²) in [6.07, 6.45) is 3.75. The molecule has 4 aromatic rings. The van der Waals surface area contributed by atoms with Crippen molar-refractivity contribution in [2.45, 2.75) is 51.0 Å². The van der Waals surface area contributed by atoms with Crippen LogP contribution in [-0.2, 0) is 9.53 Å². The van der Waals surface area contributed by atoms with Crippen molar-refractivity contribution in [1.82, 2.24) is 9.88 Å². The minimum atomic E-state index is -0.153. The van der Waals surface area contributed by atoms with E-state index in [-0.39, 0.29) is 29.9 Å². The number of anilines is 1. The predicted octanol–water partition coefficient (Wildman–Crippen LogP) is 7.91. The fourth-order valence-electron chi connectivity index (χ4n) is 5.88. The highest BCUT2D eigenvalue weighted by molar-refractivity contribution is 7.16. The number of carbonyl (C=O) groups is 2. The van der Waals surface area contributed by atoms with Crippen LogP contribution in [0.3, 0.4) is 0 Å². The number of ether oxygens (including phenoxy) is 1. The number of amides is 2. The maximum atomic E-state index is 13.9. The first-order chi connectivity index (χ1) is 20.0. The van der Waals surface area contributed by atoms with Gasteiger partial charge in [0.15, 0.2) is 5.13 Å². The van der Waals surface area contributed by atoms with Crippen molar-refractivity contribution in [3.05, 3.63) is 107 Å². The van der Waals surface area contributed by atoms with Crippen LogP contribution < -0.4 is 5.32 Å². The van der Waals surface area contributed by atoms with Gasteiger partial charge in [-0.1, -0.05) is 91.0 Å². The highest BCUT2D eigenvalue weighted by Gasteiger charge is 2.33. The number of rotatable bonds is 9. The molecule has 1 fully saturated rings. The van der Waals surface area contributed by atoms with Gasteiger partial charge in [0.05, 0.1) is 18.7 Å². The number of aromatic nitrogens is 1. The minimum absolute atomic E-state index is 0.0396. The summed E-state index contributed by atoms with van der Waals surface area (Å²) in [5, 5.41) is 3.72. The SMILES string of the molecule is COC(=O)C1CCC(N(CCC(c2ccccc2)c2ccccc2)C(=O)Nc2nc(-c3ccccc3)c(C)s2)CC1. The predicted molar refractivity (Wildman–Crippen MR) is 165 cm³/mol. The first kappa shape index (κ1) is 28.6. The molecule has 7 heteroatoms. The van der Waals surface area contributed by atoms with E-state index in [1.54, 1.807) is 0 Å². The van der Waals surface area contributed by atoms with Crippen molar-refractivity contribution in [2.24, 2.45) is 5.92 Å². The van der Waals surface area contributed by atoms with Crippen molar-refractivity contribution < 1.29 is 14.3 Å². The van der Waals surface area contributed by atoms with Crippen molar-refractivity contribution in [3.63, 3.8) is 0 Å². The van der Waals surface area contributed by atoms with E-state index >= 15 is 0 Å². The topological polar surface area (TPSA) is 71.5 Å². The number of aryl methyl sites for hydroxylation is 1. The zero-order valence-corrected chi connectivity index (χ0v) is 24.5. The second kappa shape index (κ2) is 13.6. The molecule has 0 spiro atoms. The molecular formula is C34H37N3O3S. The molecule has 1 aromatic heterocycles. The van der Waals surface area contributed by atoms with E-state index in [9.17, 15) is 9.59 Å². The Kier molecular flexibility index (Phi) is 9.47. The lowest BCUT2D eigenvalue weighted by atomic mass is 9.84. The zero-order valence-electron chi connectivity index (χ0n) is 23.7. The highest BCUT2D eigenvalue weighted by Crippen LogP contribution is 2.34. The van der Waals surface area contributed by atoms with Crippen LogP contribution in [-0.4, -0.2) is 41.6 Å². The molecule has 3 aromatic carbocycles. The molecule has 41 heavy (non-hydrogen) atoms. The van der Waals surface area contributed by atoms with Gasteiger partial charge >= 0.3 is 12.0 Å². The number of esters is 1. The second-order valence-electron chi connectivity index (χ2n) is 10.6. The first-order valence-electron chi connectivity index (χ1n) is 14.3. The van der Waals surface area contributed by atoms with E-state index in [1.165, 1.54) is 29.6 Å². The van der Waals surface area contributed by atoms with E-state index in [1.807, 2.05) is 54.3 Å². The quantitative estimate of drug-likeness (QED) is 0.209. The van der Waals surface area contributed by atoms with Gasteiger partial charge in [-0.25, -0.2) is 9.78 Å². The van der Waals surface area contributed by atoms with Crippen molar-refractivity contribution in [2.75, 3.05) is 19.0 Å². The van der Waals surface area contributed by atoms with Gasteiger partial charge in [-0.05, 0) is 50.2 Å². The number of nitrogens with one attached hydrogen (secondary N) is 1. The number of carbonyl (C=O) groups excluding carboxylic acids is 2. The maximum absolute atomic E-state index is 13.9. The molecule has 212 valence electrons. The minimum Gasteiger partial charge on any atom is -0.469 e. The number of hydrogen-bond donors (Lipinski definition) is 1. The number of thiazole rings is 1. The molecule has 0 saturated heterocycles. The maximum Gasteiger partial charge on any atom is 0.323 e. The summed E-state index contributed by atoms with van der Waals surface area (Å²) >= 11 is 1.50. The monoisotopic (exact) mass is 567 g/mol. The molecule has 0 atom stereocenters. The lowest BCUT2D eigenvalue weighted by molar-refractivity contribution is -0.146. The van der Waals surface area contributed by atoms with Gasteiger partial charge in [0.2, 0.25) is 0 Å². The summed E-state index contributed by atoms with van der Waals surface area (Å²) < 4.78 is 5.00. The van der Waals surface area contributed by atoms with Crippen LogP contribution in [0.4, 0.5) is 9.93 Å². The fraction of sp³-hybridized carbons (Fsp3) is 0.324. The Hall–Kier alpha value is -3.97. The molecule has 1 aliphatic rings. The Labute approximate surface area is 246 Å². The Balaban J connectivity index is 1.37. The summed E-state index contributed by atoms with van der Waals surface area (Å²) in [6, 6.07) is 30.9. The van der Waals surface area contributed by atoms with Gasteiger partial charge in [0.25, 0.3) is 0 Å². The van der Waals surface area contributed by atoms with Crippen LogP contribution in [0.2, 0.25) is 0 Å². The number of urea groups is 1. The van der Waals surface area contributed by atoms with Crippen LogP contribution >= 0.6 is 11.3 Å². The molecule has 2 amide bonds. The van der Waals surface area contributed by atoms with E-state index in [0.717, 1.165) is 48.2 Å². The van der Waals surface area contributed by atoms with Crippen LogP contribution in [0, 0.1) is 12.8 Å². The van der Waals surface area contributed by atoms with Crippen LogP contribution in [0.25, 0.3) is 11.3 Å². The molecule has 0 radical (unpaired) electrons. The van der Waals surface area contributed by atoms with E-state index in [2.05, 4.69) is 53.8 Å². The van der Waals surface area contributed by atoms with Crippen molar-refractivity contribution in [1.29, 1.82) is 0 Å². The van der Waals surface area contributed by atoms with E-state index in [4.69, 9.17) is 9.72 Å². The molecule has 0 aliphatic heterocycles. The Bertz CT molecular complexity index is 1380. The lowest BCUT2D eigenvalue weighted by Crippen LogP contribution is -2.46. The summed E-state index contributed by atoms with van der Waals surface area (Å²) in [5.74, 6) is -0.0946. The van der Waals surface area contributed by atoms with Gasteiger partial charge in [0, 0.05) is 28.9 Å². The lowest BCUT2D eigenvalue weighted by Gasteiger charge is -2.37. The largest absolute Gasteiger partial charge is 0.469 e. The normalized spacial score (nSPS) is 16.8. The van der Waals surface area contributed by atoms with Gasteiger partial charge < -0.3 is 9.64 Å². The number of benzene rings is 3. The zero-order chi connectivity index (χ0) is 28.6. The molecule has 6 nitrogen and oxygen atoms in total. The number of methoxy groups -OCH3 is 1. The smallest absolute Gasteiger partial charge is 0.323 e. The van der Waals surface area contributed by atoms with Crippen LogP contribution in [0.1, 0.15) is 54.0 Å². The number of nitrogens with zero attached hydrogens (tertiary/aromatic N) is 2. The molecule has 1 heterocycles. The third kappa shape index (κ3) is 7.03. The first-order valence-corrected chi connectivity index (χ1v) is 15.1. The average Bonchev–Trinajstić information content (AvgIpc) is 3.39. The van der Waals surface area contributed by atoms with Gasteiger partial charge in [-0.15, -0.1) is 11.3 Å². The molecule has 5 rings (SSSR count). The molecule has 1 saturated carbocycles. The van der Waals surface area contributed by atoms with Crippen LogP contribution in [0.15, 0.2) is 91.0 Å². The highest BCUT2D eigenvalue weighted by atomic mass is 32.1. The fourth-order valence-corrected chi connectivity index (χ4v) is 6.71. The van der Waals surface area contributed by atoms with Crippen molar-refractivity contribution in [3.8, 4) is 11.3 Å². The van der Waals surface area contributed by atoms with Gasteiger partial charge in [0.1, 0.15) is 0 Å². The standard InChI is InChI=1S/C34H37N3O3S/c1-24-31(27-16-10-5-11-17-27)35-33(41-24)36-34(39)37(29-20-18-28(19-21-29)32(38)40-2)23-22-30(25-12-6-3-7-13-25)26-14-8-4-9-15-26/h3-17,28-30H,18-23H2,1-2H3,(H,35,36,39). The summed E-state index contributed by atoms with van der Waals surface area (Å²) in [4.78, 5) is 33.9. The Morgan fingerprint density at radius 2 is 1.46 bits per heavy atom. The van der Waals surface area contributed by atoms with Crippen LogP contribution in [0.5, 0.6) is 0 Å². The van der Waals surface area contributed by atoms with Crippen molar-refractivity contribution >= 4 is 28.5 Å². The summed E-state index contributed by atoms with van der Waals surface area (Å²) in [5.41, 5.74) is 4.39. The molecule has 1 aliphatic carbocycles. The molecule has 0 bridgehead atoms. The molecule has 0 unspecified atom stereocenters. The average molecular weight is 568 g/mol. The Morgan fingerprint density at radius 1 is 0.902 bits per heavy atom. The summed E-state index contributed by atoms with van der Waals surface area (Å²) in [6.45, 7) is 2.62. The number of hydrogen-bond acceptors (Lipinski definition) is 5. The summed E-state index contributed by atoms with van der Waals surface area (Å²) in [7, 11) is 1.45. The van der Waals surface area contributed by atoms with E-state index < -0.39 is 0 Å². The Morgan fingerprint density at radius 3 is 2.02 bits per heavy atom.